The van der Waals surface area contributed by atoms with Crippen molar-refractivity contribution in [2.24, 2.45) is 10.8 Å². The van der Waals surface area contributed by atoms with Gasteiger partial charge in [-0.2, -0.15) is 0 Å². The zero-order valence-electron chi connectivity index (χ0n) is 11.3. The normalized spacial score (nSPS) is 20.7. The number of piperidine rings is 1. The molecule has 8 nitrogen and oxygen atoms in total. The molecule has 1 saturated heterocycles. The summed E-state index contributed by atoms with van der Waals surface area (Å²) in [7, 11) is 3.10. The van der Waals surface area contributed by atoms with E-state index in [1.165, 1.54) is 7.05 Å². The number of imide groups is 1. The predicted octanol–water partition coefficient (Wildman–Crippen LogP) is -1.42. The Morgan fingerprint density at radius 3 is 2.95 bits per heavy atom. The number of rotatable bonds is 5. The topological polar surface area (TPSA) is 109 Å². The Hall–Kier alpha value is -1.67. The molecular formula is C11H21N5O3. The van der Waals surface area contributed by atoms with E-state index in [0.29, 0.717) is 32.0 Å². The third kappa shape index (κ3) is 4.49. The number of likely N-dealkylation sites (tertiary alicyclic amines) is 1. The second-order valence-electron chi connectivity index (χ2n) is 4.25. The number of nitrogens with two attached hydrogens (primary N) is 1. The van der Waals surface area contributed by atoms with Gasteiger partial charge in [0.1, 0.15) is 6.04 Å². The van der Waals surface area contributed by atoms with Crippen molar-refractivity contribution in [1.29, 1.82) is 0 Å². The fourth-order valence-electron chi connectivity index (χ4n) is 1.75. The number of nitrogens with one attached hydrogen (secondary N) is 2. The molecule has 0 spiro atoms. The van der Waals surface area contributed by atoms with E-state index in [1.54, 1.807) is 7.11 Å². The molecule has 8 heteroatoms. The molecule has 0 saturated carbocycles. The van der Waals surface area contributed by atoms with Crippen LogP contribution in [-0.4, -0.2) is 56.0 Å². The second kappa shape index (κ2) is 7.70. The maximum Gasteiger partial charge on any atom is 0.251 e. The summed E-state index contributed by atoms with van der Waals surface area (Å²) in [5, 5.41) is 2.91. The minimum Gasteiger partial charge on any atom is -0.385 e. The van der Waals surface area contributed by atoms with Crippen LogP contribution in [0.25, 0.3) is 0 Å². The second-order valence-corrected chi connectivity index (χ2v) is 4.25. The first-order valence-electron chi connectivity index (χ1n) is 6.17. The first-order chi connectivity index (χ1) is 9.10. The van der Waals surface area contributed by atoms with Crippen LogP contribution in [0.1, 0.15) is 19.3 Å². The lowest BCUT2D eigenvalue weighted by Gasteiger charge is -2.28. The Labute approximate surface area is 112 Å². The number of amides is 2. The molecule has 1 rings (SSSR count). The van der Waals surface area contributed by atoms with Crippen molar-refractivity contribution in [2.45, 2.75) is 25.3 Å². The number of nitrogens with zero attached hydrogens (tertiary/aromatic N) is 2. The summed E-state index contributed by atoms with van der Waals surface area (Å²) >= 11 is 0. The molecule has 0 aromatic carbocycles. The molecule has 1 unspecified atom stereocenters. The van der Waals surface area contributed by atoms with Crippen molar-refractivity contribution in [2.75, 3.05) is 27.3 Å². The van der Waals surface area contributed by atoms with Crippen molar-refractivity contribution in [3.63, 3.8) is 0 Å². The van der Waals surface area contributed by atoms with Crippen molar-refractivity contribution in [3.05, 3.63) is 0 Å². The van der Waals surface area contributed by atoms with E-state index in [2.05, 4.69) is 15.7 Å². The molecule has 1 heterocycles. The van der Waals surface area contributed by atoms with Crippen molar-refractivity contribution < 1.29 is 14.3 Å². The average Bonchev–Trinajstić information content (AvgIpc) is 2.42. The van der Waals surface area contributed by atoms with E-state index in [9.17, 15) is 9.59 Å². The summed E-state index contributed by atoms with van der Waals surface area (Å²) in [6.07, 6.45) is 1.54. The molecule has 1 fully saturated rings. The Morgan fingerprint density at radius 1 is 1.58 bits per heavy atom. The standard InChI is InChI=1S/C11H21N5O3/c1-16-9(17)5-4-8(10(16)18)14-11(15-12)13-6-3-7-19-2/h8H,3-7,12H2,1-2H3,(H2,13,14,15). The molecule has 0 radical (unpaired) electrons. The van der Waals surface area contributed by atoms with E-state index in [0.717, 1.165) is 11.3 Å². The van der Waals surface area contributed by atoms with Crippen molar-refractivity contribution >= 4 is 17.8 Å². The third-order valence-corrected chi connectivity index (χ3v) is 2.87. The van der Waals surface area contributed by atoms with Crippen LogP contribution in [0.15, 0.2) is 4.99 Å². The highest BCUT2D eigenvalue weighted by Crippen LogP contribution is 2.11. The van der Waals surface area contributed by atoms with Crippen LogP contribution < -0.4 is 16.6 Å². The SMILES string of the molecule is COCCCN=C(NN)NC1CCC(=O)N(C)C1=O. The zero-order chi connectivity index (χ0) is 14.3. The molecule has 4 N–H and O–H groups in total. The van der Waals surface area contributed by atoms with Crippen LogP contribution in [0, 0.1) is 0 Å². The van der Waals surface area contributed by atoms with E-state index in [-0.39, 0.29) is 11.8 Å². The van der Waals surface area contributed by atoms with Crippen LogP contribution in [0.3, 0.4) is 0 Å². The fourth-order valence-corrected chi connectivity index (χ4v) is 1.75. The molecule has 0 aliphatic carbocycles. The van der Waals surface area contributed by atoms with Crippen molar-refractivity contribution in [3.8, 4) is 0 Å². The highest BCUT2D eigenvalue weighted by Gasteiger charge is 2.32. The number of guanidine groups is 1. The lowest BCUT2D eigenvalue weighted by atomic mass is 10.1. The molecule has 0 bridgehead atoms. The average molecular weight is 271 g/mol. The lowest BCUT2D eigenvalue weighted by Crippen LogP contribution is -2.56. The van der Waals surface area contributed by atoms with E-state index < -0.39 is 6.04 Å². The quantitative estimate of drug-likeness (QED) is 0.141. The molecule has 2 amide bonds. The van der Waals surface area contributed by atoms with Gasteiger partial charge in [0.15, 0.2) is 0 Å². The Morgan fingerprint density at radius 2 is 2.32 bits per heavy atom. The maximum atomic E-state index is 11.9. The summed E-state index contributed by atoms with van der Waals surface area (Å²) in [5.74, 6) is 5.26. The van der Waals surface area contributed by atoms with Crippen LogP contribution in [0.5, 0.6) is 0 Å². The number of carbonyl (C=O) groups is 2. The van der Waals surface area contributed by atoms with Crippen molar-refractivity contribution in [1.82, 2.24) is 15.6 Å². The first-order valence-corrected chi connectivity index (χ1v) is 6.17. The molecule has 0 aromatic rings. The van der Waals surface area contributed by atoms with Crippen LogP contribution in [0.2, 0.25) is 0 Å². The summed E-state index contributed by atoms with van der Waals surface area (Å²) in [6.45, 7) is 1.15. The number of methoxy groups -OCH3 is 1. The number of likely N-dealkylation sites (N-methyl/N-ethyl adjacent to an activating group) is 1. The van der Waals surface area contributed by atoms with Crippen LogP contribution in [-0.2, 0) is 14.3 Å². The van der Waals surface area contributed by atoms with E-state index in [1.807, 2.05) is 0 Å². The number of hydrogen-bond acceptors (Lipinski definition) is 5. The number of ether oxygens (including phenoxy) is 1. The molecule has 1 aliphatic rings. The van der Waals surface area contributed by atoms with Gasteiger partial charge in [0, 0.05) is 33.7 Å². The Balaban J connectivity index is 2.51. The summed E-state index contributed by atoms with van der Waals surface area (Å²) in [5.41, 5.74) is 2.42. The number of hydrazine groups is 1. The highest BCUT2D eigenvalue weighted by molar-refractivity contribution is 6.01. The van der Waals surface area contributed by atoms with E-state index >= 15 is 0 Å². The molecule has 1 atom stereocenters. The van der Waals surface area contributed by atoms with Gasteiger partial charge in [0.25, 0.3) is 5.91 Å². The van der Waals surface area contributed by atoms with Gasteiger partial charge in [0.05, 0.1) is 0 Å². The smallest absolute Gasteiger partial charge is 0.251 e. The minimum absolute atomic E-state index is 0.164. The van der Waals surface area contributed by atoms with Gasteiger partial charge in [-0.15, -0.1) is 0 Å². The lowest BCUT2D eigenvalue weighted by molar-refractivity contribution is -0.147. The predicted molar refractivity (Wildman–Crippen MR) is 70.1 cm³/mol. The zero-order valence-corrected chi connectivity index (χ0v) is 11.3. The van der Waals surface area contributed by atoms with Gasteiger partial charge >= 0.3 is 0 Å². The Bertz CT molecular complexity index is 358. The molecule has 108 valence electrons. The van der Waals surface area contributed by atoms with Gasteiger partial charge in [-0.25, -0.2) is 5.84 Å². The summed E-state index contributed by atoms with van der Waals surface area (Å²) in [4.78, 5) is 28.5. The van der Waals surface area contributed by atoms with Crippen LogP contribution >= 0.6 is 0 Å². The third-order valence-electron chi connectivity index (χ3n) is 2.87. The largest absolute Gasteiger partial charge is 0.385 e. The Kier molecular flexibility index (Phi) is 6.23. The minimum atomic E-state index is -0.472. The van der Waals surface area contributed by atoms with Gasteiger partial charge < -0.3 is 10.1 Å². The van der Waals surface area contributed by atoms with E-state index in [4.69, 9.17) is 10.6 Å². The maximum absolute atomic E-state index is 11.9. The highest BCUT2D eigenvalue weighted by atomic mass is 16.5. The number of aliphatic imine (C=N–C) groups is 1. The molecular weight excluding hydrogens is 250 g/mol. The van der Waals surface area contributed by atoms with Gasteiger partial charge in [-0.1, -0.05) is 0 Å². The molecule has 1 aliphatic heterocycles. The molecule has 0 aromatic heterocycles. The number of hydrogen-bond donors (Lipinski definition) is 3. The monoisotopic (exact) mass is 271 g/mol. The first kappa shape index (κ1) is 15.4. The van der Waals surface area contributed by atoms with Gasteiger partial charge in [0.2, 0.25) is 11.9 Å². The summed E-state index contributed by atoms with van der Waals surface area (Å²) in [6, 6.07) is -0.472. The fraction of sp³-hybridized carbons (Fsp3) is 0.727. The number of carbonyl (C=O) groups excluding carboxylic acids is 2. The van der Waals surface area contributed by atoms with Gasteiger partial charge in [-0.3, -0.25) is 24.9 Å². The summed E-state index contributed by atoms with van der Waals surface area (Å²) < 4.78 is 4.91. The van der Waals surface area contributed by atoms with Crippen LogP contribution in [0.4, 0.5) is 0 Å². The van der Waals surface area contributed by atoms with Gasteiger partial charge in [-0.05, 0) is 12.8 Å². The molecule has 19 heavy (non-hydrogen) atoms.